The largest absolute Gasteiger partial charge is 0.482 e. The molecule has 0 aromatic heterocycles. The SMILES string of the molecule is C=C(C)C1CC=C(C)/C(=N\NC(=O)COc2ccccc2Cl)C1. The van der Waals surface area contributed by atoms with Crippen LogP contribution in [-0.4, -0.2) is 18.2 Å². The molecule has 0 fully saturated rings. The van der Waals surface area contributed by atoms with Crippen molar-refractivity contribution in [1.29, 1.82) is 0 Å². The van der Waals surface area contributed by atoms with Crippen LogP contribution in [0.5, 0.6) is 5.75 Å². The van der Waals surface area contributed by atoms with Gasteiger partial charge < -0.3 is 4.74 Å². The third kappa shape index (κ3) is 4.96. The van der Waals surface area contributed by atoms with E-state index < -0.39 is 0 Å². The number of ether oxygens (including phenoxy) is 1. The van der Waals surface area contributed by atoms with E-state index in [2.05, 4.69) is 23.2 Å². The Kier molecular flexibility index (Phi) is 5.99. The van der Waals surface area contributed by atoms with Crippen molar-refractivity contribution in [2.24, 2.45) is 11.0 Å². The maximum absolute atomic E-state index is 11.9. The zero-order valence-corrected chi connectivity index (χ0v) is 14.2. The Morgan fingerprint density at radius 1 is 1.48 bits per heavy atom. The molecule has 1 amide bonds. The first kappa shape index (κ1) is 17.3. The third-order valence-electron chi connectivity index (χ3n) is 3.81. The second kappa shape index (κ2) is 7.97. The van der Waals surface area contributed by atoms with Crippen LogP contribution < -0.4 is 10.2 Å². The maximum atomic E-state index is 11.9. The quantitative estimate of drug-likeness (QED) is 0.651. The number of nitrogens with one attached hydrogen (secondary N) is 1. The minimum atomic E-state index is -0.317. The molecular formula is C18H21ClN2O2. The summed E-state index contributed by atoms with van der Waals surface area (Å²) in [4.78, 5) is 11.9. The predicted octanol–water partition coefficient (Wildman–Crippen LogP) is 4.12. The van der Waals surface area contributed by atoms with Gasteiger partial charge in [-0.15, -0.1) is 0 Å². The fourth-order valence-electron chi connectivity index (χ4n) is 2.29. The number of hydrogen-bond acceptors (Lipinski definition) is 3. The van der Waals surface area contributed by atoms with Crippen molar-refractivity contribution in [1.82, 2.24) is 5.43 Å². The van der Waals surface area contributed by atoms with Crippen molar-refractivity contribution in [2.75, 3.05) is 6.61 Å². The van der Waals surface area contributed by atoms with E-state index >= 15 is 0 Å². The van der Waals surface area contributed by atoms with Crippen LogP contribution in [0.3, 0.4) is 0 Å². The van der Waals surface area contributed by atoms with E-state index in [4.69, 9.17) is 16.3 Å². The summed E-state index contributed by atoms with van der Waals surface area (Å²) < 4.78 is 5.38. The maximum Gasteiger partial charge on any atom is 0.277 e. The standard InChI is InChI=1S/C18H21ClN2O2/c1-12(2)14-9-8-13(3)16(10-14)20-21-18(22)11-23-17-7-5-4-6-15(17)19/h4-8,14H,1,9-11H2,2-3H3,(H,21,22)/b20-16-. The van der Waals surface area contributed by atoms with E-state index in [0.717, 1.165) is 29.7 Å². The fraction of sp³-hybridized carbons (Fsp3) is 0.333. The second-order valence-corrected chi connectivity index (χ2v) is 6.09. The van der Waals surface area contributed by atoms with Gasteiger partial charge in [0.15, 0.2) is 6.61 Å². The average Bonchev–Trinajstić information content (AvgIpc) is 2.53. The molecule has 122 valence electrons. The van der Waals surface area contributed by atoms with E-state index in [1.165, 1.54) is 0 Å². The number of carbonyl (C=O) groups excluding carboxylic acids is 1. The Morgan fingerprint density at radius 2 is 2.22 bits per heavy atom. The van der Waals surface area contributed by atoms with Gasteiger partial charge in [0.2, 0.25) is 0 Å². The lowest BCUT2D eigenvalue weighted by Crippen LogP contribution is -2.27. The van der Waals surface area contributed by atoms with Gasteiger partial charge in [-0.1, -0.05) is 42.0 Å². The van der Waals surface area contributed by atoms with E-state index in [1.807, 2.05) is 13.8 Å². The molecule has 23 heavy (non-hydrogen) atoms. The highest BCUT2D eigenvalue weighted by atomic mass is 35.5. The molecule has 0 saturated carbocycles. The van der Waals surface area contributed by atoms with Crippen LogP contribution in [0.15, 0.2) is 53.2 Å². The molecule has 0 bridgehead atoms. The number of carbonyl (C=O) groups is 1. The Morgan fingerprint density at radius 3 is 2.91 bits per heavy atom. The van der Waals surface area contributed by atoms with Crippen LogP contribution in [-0.2, 0) is 4.79 Å². The van der Waals surface area contributed by atoms with Crippen LogP contribution >= 0.6 is 11.6 Å². The minimum absolute atomic E-state index is 0.132. The summed E-state index contributed by atoms with van der Waals surface area (Å²) in [5, 5.41) is 4.70. The lowest BCUT2D eigenvalue weighted by atomic mass is 9.85. The highest BCUT2D eigenvalue weighted by Crippen LogP contribution is 2.26. The van der Waals surface area contributed by atoms with Gasteiger partial charge >= 0.3 is 0 Å². The monoisotopic (exact) mass is 332 g/mol. The summed E-state index contributed by atoms with van der Waals surface area (Å²) in [6, 6.07) is 7.03. The van der Waals surface area contributed by atoms with E-state index in [-0.39, 0.29) is 12.5 Å². The summed E-state index contributed by atoms with van der Waals surface area (Å²) in [6.07, 6.45) is 3.90. The van der Waals surface area contributed by atoms with E-state index in [9.17, 15) is 4.79 Å². The number of benzene rings is 1. The number of hydrazone groups is 1. The van der Waals surface area contributed by atoms with Gasteiger partial charge in [-0.3, -0.25) is 4.79 Å². The van der Waals surface area contributed by atoms with Crippen LogP contribution in [0.1, 0.15) is 26.7 Å². The molecular weight excluding hydrogens is 312 g/mol. The van der Waals surface area contributed by atoms with Gasteiger partial charge in [0.1, 0.15) is 5.75 Å². The number of para-hydroxylation sites is 1. The first-order valence-electron chi connectivity index (χ1n) is 7.52. The topological polar surface area (TPSA) is 50.7 Å². The number of rotatable bonds is 5. The summed E-state index contributed by atoms with van der Waals surface area (Å²) in [7, 11) is 0. The summed E-state index contributed by atoms with van der Waals surface area (Å²) >= 11 is 5.97. The first-order chi connectivity index (χ1) is 11.0. The Balaban J connectivity index is 1.90. The molecule has 1 aliphatic rings. The molecule has 0 spiro atoms. The molecule has 1 unspecified atom stereocenters. The van der Waals surface area contributed by atoms with Crippen LogP contribution in [0.2, 0.25) is 5.02 Å². The molecule has 2 rings (SSSR count). The molecule has 1 aliphatic carbocycles. The number of amides is 1. The second-order valence-electron chi connectivity index (χ2n) is 5.68. The van der Waals surface area contributed by atoms with Gasteiger partial charge in [0.05, 0.1) is 10.7 Å². The molecule has 1 aromatic carbocycles. The molecule has 0 heterocycles. The number of halogens is 1. The Bertz CT molecular complexity index is 665. The van der Waals surface area contributed by atoms with Crippen molar-refractivity contribution in [3.8, 4) is 5.75 Å². The van der Waals surface area contributed by atoms with Crippen LogP contribution in [0.25, 0.3) is 0 Å². The molecule has 0 radical (unpaired) electrons. The van der Waals surface area contributed by atoms with Gasteiger partial charge in [-0.05, 0) is 50.3 Å². The number of hydrogen-bond donors (Lipinski definition) is 1. The highest BCUT2D eigenvalue weighted by Gasteiger charge is 2.18. The summed E-state index contributed by atoms with van der Waals surface area (Å²) in [6.45, 7) is 7.89. The Labute approximate surface area is 141 Å². The van der Waals surface area contributed by atoms with Crippen molar-refractivity contribution in [3.63, 3.8) is 0 Å². The molecule has 0 aliphatic heterocycles. The third-order valence-corrected chi connectivity index (χ3v) is 4.12. The minimum Gasteiger partial charge on any atom is -0.482 e. The molecule has 1 N–H and O–H groups in total. The zero-order chi connectivity index (χ0) is 16.8. The van der Waals surface area contributed by atoms with Crippen molar-refractivity contribution >= 4 is 23.2 Å². The lowest BCUT2D eigenvalue weighted by Gasteiger charge is -2.22. The van der Waals surface area contributed by atoms with E-state index in [0.29, 0.717) is 16.7 Å². The number of nitrogens with zero attached hydrogens (tertiary/aromatic N) is 1. The molecule has 5 heteroatoms. The van der Waals surface area contributed by atoms with Gasteiger partial charge in [-0.25, -0.2) is 5.43 Å². The van der Waals surface area contributed by atoms with Crippen molar-refractivity contribution in [2.45, 2.75) is 26.7 Å². The Hall–Kier alpha value is -2.07. The average molecular weight is 333 g/mol. The van der Waals surface area contributed by atoms with Gasteiger partial charge in [-0.2, -0.15) is 5.10 Å². The summed E-state index contributed by atoms with van der Waals surface area (Å²) in [5.41, 5.74) is 5.65. The number of allylic oxidation sites excluding steroid dienone is 3. The van der Waals surface area contributed by atoms with E-state index in [1.54, 1.807) is 24.3 Å². The zero-order valence-electron chi connectivity index (χ0n) is 13.4. The van der Waals surface area contributed by atoms with Gasteiger partial charge in [0, 0.05) is 0 Å². The van der Waals surface area contributed by atoms with Crippen molar-refractivity contribution in [3.05, 3.63) is 53.1 Å². The molecule has 4 nitrogen and oxygen atoms in total. The molecule has 1 aromatic rings. The van der Waals surface area contributed by atoms with Gasteiger partial charge in [0.25, 0.3) is 5.91 Å². The molecule has 1 atom stereocenters. The molecule has 0 saturated heterocycles. The highest BCUT2D eigenvalue weighted by molar-refractivity contribution is 6.32. The van der Waals surface area contributed by atoms with Crippen molar-refractivity contribution < 1.29 is 9.53 Å². The lowest BCUT2D eigenvalue weighted by molar-refractivity contribution is -0.123. The van der Waals surface area contributed by atoms with Crippen LogP contribution in [0, 0.1) is 5.92 Å². The summed E-state index contributed by atoms with van der Waals surface area (Å²) in [5.74, 6) is 0.546. The predicted molar refractivity (Wildman–Crippen MR) is 93.8 cm³/mol. The smallest absolute Gasteiger partial charge is 0.277 e. The van der Waals surface area contributed by atoms with Crippen LogP contribution in [0.4, 0.5) is 0 Å². The fourth-order valence-corrected chi connectivity index (χ4v) is 2.48. The normalized spacial score (nSPS) is 19.2. The first-order valence-corrected chi connectivity index (χ1v) is 7.90.